The number of hydrogen-bond acceptors (Lipinski definition) is 15. The van der Waals surface area contributed by atoms with Crippen LogP contribution in [0.2, 0.25) is 0 Å². The largest absolute Gasteiger partial charge is 0.472 e. The van der Waals surface area contributed by atoms with E-state index in [-0.39, 0.29) is 25.7 Å². The first-order valence-corrected chi connectivity index (χ1v) is 41.8. The van der Waals surface area contributed by atoms with E-state index in [9.17, 15) is 43.2 Å². The lowest BCUT2D eigenvalue weighted by Gasteiger charge is -2.21. The van der Waals surface area contributed by atoms with Crippen LogP contribution in [-0.2, 0) is 65.4 Å². The van der Waals surface area contributed by atoms with Crippen molar-refractivity contribution in [3.05, 3.63) is 122 Å². The number of carbonyl (C=O) groups excluding carboxylic acids is 4. The highest BCUT2D eigenvalue weighted by Crippen LogP contribution is 2.45. The molecule has 0 spiro atoms. The summed E-state index contributed by atoms with van der Waals surface area (Å²) in [6, 6.07) is 0. The van der Waals surface area contributed by atoms with Crippen molar-refractivity contribution < 1.29 is 80.2 Å². The zero-order chi connectivity index (χ0) is 73.2. The number of ether oxygens (including phenoxy) is 4. The molecular weight excluding hydrogens is 1310 g/mol. The molecule has 0 aromatic heterocycles. The highest BCUT2D eigenvalue weighted by molar-refractivity contribution is 7.47. The van der Waals surface area contributed by atoms with Gasteiger partial charge in [-0.15, -0.1) is 0 Å². The molecule has 17 nitrogen and oxygen atoms in total. The van der Waals surface area contributed by atoms with Crippen LogP contribution in [0.15, 0.2) is 122 Å². The third-order valence-corrected chi connectivity index (χ3v) is 17.9. The van der Waals surface area contributed by atoms with Gasteiger partial charge in [0.05, 0.1) is 39.3 Å². The lowest BCUT2D eigenvalue weighted by atomic mass is 10.0. The van der Waals surface area contributed by atoms with Crippen LogP contribution in [0.1, 0.15) is 310 Å². The van der Waals surface area contributed by atoms with Crippen molar-refractivity contribution in [3.8, 4) is 0 Å². The number of phosphoric ester groups is 2. The number of rotatable bonds is 72. The molecule has 0 amide bonds. The number of aliphatic hydroxyl groups is 1. The van der Waals surface area contributed by atoms with Crippen LogP contribution in [0.25, 0.3) is 0 Å². The van der Waals surface area contributed by atoms with E-state index in [0.29, 0.717) is 25.7 Å². The molecule has 0 heterocycles. The molecule has 0 aliphatic rings. The SMILES string of the molecule is CC/C=C\C/C=C\C/C=C\C/C=C\C/C=C\CC(=O)OCC(COP(=O)(O)OCC(O)COP(=O)(O)OCC(COC(=O)C/C=C\C/C=C\C/C=C\C/C=C\C/C=C\CC)OC(=O)CCCCCCCCCCCCCCCCC)OC(=O)CCCCCCCCCCCCCCCCC. The molecule has 574 valence electrons. The summed E-state index contributed by atoms with van der Waals surface area (Å²) in [6.45, 7) is 4.45. The molecule has 0 aromatic rings. The summed E-state index contributed by atoms with van der Waals surface area (Å²) in [5.74, 6) is -2.46. The Hall–Kier alpha value is -4.54. The van der Waals surface area contributed by atoms with E-state index < -0.39 is 97.5 Å². The molecule has 4 atom stereocenters. The molecule has 0 fully saturated rings. The monoisotopic (exact) mass is 1440 g/mol. The fourth-order valence-corrected chi connectivity index (χ4v) is 11.8. The van der Waals surface area contributed by atoms with E-state index in [1.54, 1.807) is 12.2 Å². The fourth-order valence-electron chi connectivity index (χ4n) is 10.2. The van der Waals surface area contributed by atoms with E-state index in [1.807, 2.05) is 36.5 Å². The standard InChI is InChI=1S/C81H138O17P2/c1-5-9-13-17-21-25-29-33-37-41-45-49-53-57-61-65-78(83)91-71-76(97-80(85)67-63-59-55-51-47-43-39-35-31-27-23-19-15-11-7-3)73-95-99(87,88)93-69-75(82)70-94-100(89,90)96-74-77(98-81(86)68-64-60-56-52-48-44-40-36-32-28-24-20-16-12-8-4)72-92-79(84)66-62-58-54-50-46-42-38-34-30-26-22-18-14-10-6-2/h9-10,13-14,21-22,25-26,33-34,37-38,45-46,49-50,57-58,61-62,75-77,82H,5-8,11-12,15-20,23-24,27-32,35-36,39-44,47-48,51-56,59-60,63-74H2,1-4H3,(H,87,88)(H,89,90)/b13-9-,14-10-,25-21-,26-22-,37-33-,38-34-,49-45-,50-46-,61-57-,62-58-. The number of carbonyl (C=O) groups is 4. The summed E-state index contributed by atoms with van der Waals surface area (Å²) >= 11 is 0. The third kappa shape index (κ3) is 71.8. The zero-order valence-corrected chi connectivity index (χ0v) is 64.4. The predicted octanol–water partition coefficient (Wildman–Crippen LogP) is 22.3. The van der Waals surface area contributed by atoms with Crippen LogP contribution in [0, 0.1) is 0 Å². The zero-order valence-electron chi connectivity index (χ0n) is 62.6. The molecule has 0 rings (SSSR count). The Labute approximate surface area is 606 Å². The first-order chi connectivity index (χ1) is 48.7. The van der Waals surface area contributed by atoms with Crippen molar-refractivity contribution in [2.75, 3.05) is 39.6 Å². The van der Waals surface area contributed by atoms with Crippen LogP contribution in [0.5, 0.6) is 0 Å². The van der Waals surface area contributed by atoms with Gasteiger partial charge >= 0.3 is 39.5 Å². The molecule has 3 N–H and O–H groups in total. The van der Waals surface area contributed by atoms with Gasteiger partial charge in [0.1, 0.15) is 19.3 Å². The van der Waals surface area contributed by atoms with Gasteiger partial charge < -0.3 is 33.8 Å². The molecule has 0 saturated carbocycles. The minimum absolute atomic E-state index is 0.0718. The van der Waals surface area contributed by atoms with E-state index in [0.717, 1.165) is 103 Å². The molecule has 0 aliphatic heterocycles. The first kappa shape index (κ1) is 95.5. The Morgan fingerprint density at radius 1 is 0.290 bits per heavy atom. The van der Waals surface area contributed by atoms with E-state index in [2.05, 4.69) is 101 Å². The van der Waals surface area contributed by atoms with Gasteiger partial charge in [0, 0.05) is 12.8 Å². The van der Waals surface area contributed by atoms with E-state index in [4.69, 9.17) is 37.0 Å². The van der Waals surface area contributed by atoms with Crippen LogP contribution in [0.4, 0.5) is 0 Å². The Kier molecular flexibility index (Phi) is 69.5. The molecular formula is C81H138O17P2. The number of aliphatic hydroxyl groups excluding tert-OH is 1. The highest BCUT2D eigenvalue weighted by atomic mass is 31.2. The molecule has 0 saturated heterocycles. The summed E-state index contributed by atoms with van der Waals surface area (Å²) in [7, 11) is -10.00. The number of phosphoric acid groups is 2. The van der Waals surface area contributed by atoms with E-state index in [1.165, 1.54) is 128 Å². The van der Waals surface area contributed by atoms with Crippen molar-refractivity contribution in [1.82, 2.24) is 0 Å². The Bertz CT molecular complexity index is 2210. The summed E-state index contributed by atoms with van der Waals surface area (Å²) in [5, 5.41) is 10.6. The second-order valence-corrected chi connectivity index (χ2v) is 28.5. The van der Waals surface area contributed by atoms with Crippen molar-refractivity contribution >= 4 is 39.5 Å². The number of esters is 4. The van der Waals surface area contributed by atoms with E-state index >= 15 is 0 Å². The Morgan fingerprint density at radius 2 is 0.510 bits per heavy atom. The predicted molar refractivity (Wildman–Crippen MR) is 408 cm³/mol. The maximum atomic E-state index is 13.1. The maximum Gasteiger partial charge on any atom is 0.472 e. The highest BCUT2D eigenvalue weighted by Gasteiger charge is 2.30. The third-order valence-electron chi connectivity index (χ3n) is 16.0. The summed E-state index contributed by atoms with van der Waals surface area (Å²) in [6.07, 6.45) is 79.6. The second-order valence-electron chi connectivity index (χ2n) is 25.6. The maximum absolute atomic E-state index is 13.1. The Balaban J connectivity index is 5.47. The van der Waals surface area contributed by atoms with Crippen LogP contribution in [0.3, 0.4) is 0 Å². The number of allylic oxidation sites excluding steroid dienone is 18. The minimum Gasteiger partial charge on any atom is -0.461 e. The lowest BCUT2D eigenvalue weighted by molar-refractivity contribution is -0.161. The normalized spacial score (nSPS) is 14.6. The lowest BCUT2D eigenvalue weighted by Crippen LogP contribution is -2.30. The topological polar surface area (TPSA) is 237 Å². The van der Waals surface area contributed by atoms with Crippen molar-refractivity contribution in [1.29, 1.82) is 0 Å². The summed E-state index contributed by atoms with van der Waals surface area (Å²) in [4.78, 5) is 72.8. The van der Waals surface area contributed by atoms with Gasteiger partial charge in [-0.1, -0.05) is 329 Å². The van der Waals surface area contributed by atoms with Gasteiger partial charge in [-0.05, 0) is 77.0 Å². The molecule has 100 heavy (non-hydrogen) atoms. The van der Waals surface area contributed by atoms with Gasteiger partial charge in [0.15, 0.2) is 12.2 Å². The average molecular weight is 1450 g/mol. The first-order valence-electron chi connectivity index (χ1n) is 38.8. The Morgan fingerprint density at radius 3 is 0.760 bits per heavy atom. The molecule has 0 aromatic carbocycles. The average Bonchev–Trinajstić information content (AvgIpc) is 1.01. The number of unbranched alkanes of at least 4 members (excludes halogenated alkanes) is 28. The molecule has 0 bridgehead atoms. The number of hydrogen-bond donors (Lipinski definition) is 3. The fraction of sp³-hybridized carbons (Fsp3) is 0.704. The summed E-state index contributed by atoms with van der Waals surface area (Å²) < 4.78 is 68.3. The van der Waals surface area contributed by atoms with Crippen molar-refractivity contribution in [3.63, 3.8) is 0 Å². The van der Waals surface area contributed by atoms with Gasteiger partial charge in [-0.3, -0.25) is 37.3 Å². The minimum atomic E-state index is -5.00. The van der Waals surface area contributed by atoms with Crippen LogP contribution >= 0.6 is 15.6 Å². The summed E-state index contributed by atoms with van der Waals surface area (Å²) in [5.41, 5.74) is 0. The molecule has 0 radical (unpaired) electrons. The van der Waals surface area contributed by atoms with Crippen LogP contribution < -0.4 is 0 Å². The second kappa shape index (κ2) is 72.8. The smallest absolute Gasteiger partial charge is 0.461 e. The van der Waals surface area contributed by atoms with Gasteiger partial charge in [-0.25, -0.2) is 9.13 Å². The van der Waals surface area contributed by atoms with Gasteiger partial charge in [0.25, 0.3) is 0 Å². The van der Waals surface area contributed by atoms with Gasteiger partial charge in [0.2, 0.25) is 0 Å². The van der Waals surface area contributed by atoms with Crippen LogP contribution in [-0.4, -0.2) is 96.7 Å². The van der Waals surface area contributed by atoms with Gasteiger partial charge in [-0.2, -0.15) is 0 Å². The quantitative estimate of drug-likeness (QED) is 0.0169. The molecule has 0 aliphatic carbocycles. The molecule has 19 heteroatoms. The van der Waals surface area contributed by atoms with Crippen molar-refractivity contribution in [2.24, 2.45) is 0 Å². The van der Waals surface area contributed by atoms with Crippen molar-refractivity contribution in [2.45, 2.75) is 329 Å². The molecule has 4 unspecified atom stereocenters.